The lowest BCUT2D eigenvalue weighted by Gasteiger charge is -2.20. The Kier molecular flexibility index (Phi) is 4.04. The maximum Gasteiger partial charge on any atom is 0.262 e. The Morgan fingerprint density at radius 1 is 1.24 bits per heavy atom. The van der Waals surface area contributed by atoms with Crippen LogP contribution in [0.4, 0.5) is 5.69 Å². The highest BCUT2D eigenvalue weighted by Gasteiger charge is 2.19. The van der Waals surface area contributed by atoms with E-state index in [1.54, 1.807) is 0 Å². The summed E-state index contributed by atoms with van der Waals surface area (Å²) < 4.78 is 6.45. The Balaban J connectivity index is 1.96. The molecular formula is C16H13Br2NO2. The first-order chi connectivity index (χ1) is 10.0. The third-order valence-corrected chi connectivity index (χ3v) is 4.95. The Morgan fingerprint density at radius 3 is 2.81 bits per heavy atom. The first-order valence-electron chi connectivity index (χ1n) is 6.51. The topological polar surface area (TPSA) is 38.3 Å². The van der Waals surface area contributed by atoms with E-state index in [9.17, 15) is 4.79 Å². The van der Waals surface area contributed by atoms with Gasteiger partial charge >= 0.3 is 0 Å². The molecule has 5 heteroatoms. The molecule has 3 rings (SSSR count). The number of carbonyl (C=O) groups excluding carboxylic acids is 1. The first kappa shape index (κ1) is 14.6. The fourth-order valence-corrected chi connectivity index (χ4v) is 3.64. The Hall–Kier alpha value is -1.33. The number of ether oxygens (including phenoxy) is 1. The van der Waals surface area contributed by atoms with Crippen molar-refractivity contribution >= 4 is 43.5 Å². The zero-order valence-corrected chi connectivity index (χ0v) is 14.5. The summed E-state index contributed by atoms with van der Waals surface area (Å²) in [4.78, 5) is 11.5. The van der Waals surface area contributed by atoms with Crippen molar-refractivity contribution in [3.05, 3.63) is 57.6 Å². The van der Waals surface area contributed by atoms with Gasteiger partial charge in [-0.3, -0.25) is 4.79 Å². The molecule has 3 nitrogen and oxygen atoms in total. The van der Waals surface area contributed by atoms with Gasteiger partial charge in [0, 0.05) is 4.47 Å². The van der Waals surface area contributed by atoms with Crippen molar-refractivity contribution < 1.29 is 9.53 Å². The van der Waals surface area contributed by atoms with Crippen LogP contribution < -0.4 is 10.1 Å². The molecule has 21 heavy (non-hydrogen) atoms. The summed E-state index contributed by atoms with van der Waals surface area (Å²) in [5.74, 6) is 0.594. The molecule has 108 valence electrons. The average Bonchev–Trinajstić information content (AvgIpc) is 2.46. The fraction of sp³-hybridized carbons (Fsp3) is 0.188. The van der Waals surface area contributed by atoms with Gasteiger partial charge in [-0.05, 0) is 47.9 Å². The normalized spacial score (nSPS) is 14.9. The fourth-order valence-electron chi connectivity index (χ4n) is 2.36. The molecule has 1 heterocycles. The van der Waals surface area contributed by atoms with E-state index in [1.165, 1.54) is 11.1 Å². The average molecular weight is 411 g/mol. The summed E-state index contributed by atoms with van der Waals surface area (Å²) in [6.45, 7) is 2.16. The van der Waals surface area contributed by atoms with Crippen molar-refractivity contribution in [1.29, 1.82) is 0 Å². The molecule has 1 amide bonds. The minimum absolute atomic E-state index is 0.0646. The number of aryl methyl sites for hydroxylation is 1. The maximum absolute atomic E-state index is 11.4. The third-order valence-electron chi connectivity index (χ3n) is 3.43. The second kappa shape index (κ2) is 5.81. The highest BCUT2D eigenvalue weighted by atomic mass is 79.9. The van der Waals surface area contributed by atoms with Crippen molar-refractivity contribution in [2.75, 3.05) is 11.9 Å². The van der Waals surface area contributed by atoms with Gasteiger partial charge < -0.3 is 10.1 Å². The summed E-state index contributed by atoms with van der Waals surface area (Å²) in [5, 5.41) is 2.84. The Morgan fingerprint density at radius 2 is 2.05 bits per heavy atom. The molecule has 2 aromatic carbocycles. The highest BCUT2D eigenvalue weighted by Crippen LogP contribution is 2.38. The molecule has 1 aliphatic heterocycles. The van der Waals surface area contributed by atoms with Gasteiger partial charge in [0.25, 0.3) is 5.91 Å². The van der Waals surface area contributed by atoms with Crippen molar-refractivity contribution in [1.82, 2.24) is 0 Å². The molecule has 0 fully saturated rings. The number of hydrogen-bond acceptors (Lipinski definition) is 2. The largest absolute Gasteiger partial charge is 0.482 e. The number of amides is 1. The van der Waals surface area contributed by atoms with Crippen LogP contribution in [0.2, 0.25) is 0 Å². The number of rotatable bonds is 2. The Labute approximate surface area is 140 Å². The number of halogens is 2. The SMILES string of the molecule is Cc1cc(Br)ccc1C(Br)c1ccc2c(c1)NC(=O)CO2. The van der Waals surface area contributed by atoms with E-state index < -0.39 is 0 Å². The van der Waals surface area contributed by atoms with E-state index in [4.69, 9.17) is 4.74 Å². The van der Waals surface area contributed by atoms with Crippen molar-refractivity contribution in [3.63, 3.8) is 0 Å². The summed E-state index contributed by atoms with van der Waals surface area (Å²) in [5.41, 5.74) is 4.19. The molecule has 0 saturated carbocycles. The van der Waals surface area contributed by atoms with Crippen molar-refractivity contribution in [2.45, 2.75) is 11.8 Å². The van der Waals surface area contributed by atoms with Crippen LogP contribution in [0.1, 0.15) is 21.5 Å². The predicted molar refractivity (Wildman–Crippen MR) is 90.2 cm³/mol. The summed E-state index contributed by atoms with van der Waals surface area (Å²) >= 11 is 7.22. The van der Waals surface area contributed by atoms with E-state index in [0.29, 0.717) is 5.75 Å². The molecule has 1 atom stereocenters. The zero-order valence-electron chi connectivity index (χ0n) is 11.3. The minimum atomic E-state index is -0.120. The summed E-state index contributed by atoms with van der Waals surface area (Å²) in [6, 6.07) is 12.1. The quantitative estimate of drug-likeness (QED) is 0.736. The molecule has 0 aliphatic carbocycles. The zero-order chi connectivity index (χ0) is 15.0. The number of benzene rings is 2. The van der Waals surface area contributed by atoms with E-state index in [1.807, 2.05) is 24.3 Å². The van der Waals surface area contributed by atoms with Gasteiger partial charge in [0.15, 0.2) is 6.61 Å². The number of hydrogen-bond donors (Lipinski definition) is 1. The molecule has 1 aliphatic rings. The molecule has 0 saturated heterocycles. The van der Waals surface area contributed by atoms with E-state index in [-0.39, 0.29) is 17.3 Å². The smallest absolute Gasteiger partial charge is 0.262 e. The predicted octanol–water partition coefficient (Wildman–Crippen LogP) is 4.57. The number of alkyl halides is 1. The van der Waals surface area contributed by atoms with Gasteiger partial charge in [-0.2, -0.15) is 0 Å². The van der Waals surface area contributed by atoms with Gasteiger partial charge in [0.1, 0.15) is 5.75 Å². The third kappa shape index (κ3) is 2.99. The molecule has 0 radical (unpaired) electrons. The molecule has 1 unspecified atom stereocenters. The molecule has 0 aromatic heterocycles. The number of fused-ring (bicyclic) bond motifs is 1. The lowest BCUT2D eigenvalue weighted by Crippen LogP contribution is -2.25. The highest BCUT2D eigenvalue weighted by molar-refractivity contribution is 9.10. The van der Waals surface area contributed by atoms with Crippen LogP contribution in [-0.4, -0.2) is 12.5 Å². The molecule has 0 spiro atoms. The van der Waals surface area contributed by atoms with Gasteiger partial charge in [0.2, 0.25) is 0 Å². The molecular weight excluding hydrogens is 398 g/mol. The molecule has 0 bridgehead atoms. The second-order valence-corrected chi connectivity index (χ2v) is 6.79. The standard InChI is InChI=1S/C16H13Br2NO2/c1-9-6-11(17)3-4-12(9)16(18)10-2-5-14-13(7-10)19-15(20)8-21-14/h2-7,16H,8H2,1H3,(H,19,20). The lowest BCUT2D eigenvalue weighted by molar-refractivity contribution is -0.118. The summed E-state index contributed by atoms with van der Waals surface area (Å²) in [7, 11) is 0. The Bertz CT molecular complexity index is 715. The van der Waals surface area contributed by atoms with Gasteiger partial charge in [-0.25, -0.2) is 0 Å². The van der Waals surface area contributed by atoms with Gasteiger partial charge in [0.05, 0.1) is 10.5 Å². The second-order valence-electron chi connectivity index (χ2n) is 4.96. The number of anilines is 1. The van der Waals surface area contributed by atoms with Gasteiger partial charge in [-0.15, -0.1) is 0 Å². The van der Waals surface area contributed by atoms with Crippen LogP contribution >= 0.6 is 31.9 Å². The van der Waals surface area contributed by atoms with Crippen molar-refractivity contribution in [2.24, 2.45) is 0 Å². The van der Waals surface area contributed by atoms with Gasteiger partial charge in [-0.1, -0.05) is 44.0 Å². The molecule has 1 N–H and O–H groups in total. The number of carbonyl (C=O) groups is 1. The van der Waals surface area contributed by atoms with Crippen LogP contribution in [-0.2, 0) is 4.79 Å². The minimum Gasteiger partial charge on any atom is -0.482 e. The molecule has 2 aromatic rings. The van der Waals surface area contributed by atoms with Crippen LogP contribution in [0.25, 0.3) is 0 Å². The van der Waals surface area contributed by atoms with Crippen LogP contribution in [0.3, 0.4) is 0 Å². The van der Waals surface area contributed by atoms with Crippen LogP contribution in [0.15, 0.2) is 40.9 Å². The monoisotopic (exact) mass is 409 g/mol. The van der Waals surface area contributed by atoms with E-state index in [0.717, 1.165) is 15.7 Å². The van der Waals surface area contributed by atoms with Crippen LogP contribution in [0.5, 0.6) is 5.75 Å². The van der Waals surface area contributed by atoms with E-state index >= 15 is 0 Å². The first-order valence-corrected chi connectivity index (χ1v) is 8.22. The van der Waals surface area contributed by atoms with E-state index in [2.05, 4.69) is 56.2 Å². The maximum atomic E-state index is 11.4. The summed E-state index contributed by atoms with van der Waals surface area (Å²) in [6.07, 6.45) is 0. The number of nitrogens with one attached hydrogen (secondary N) is 1. The van der Waals surface area contributed by atoms with Crippen LogP contribution in [0, 0.1) is 6.92 Å². The van der Waals surface area contributed by atoms with Crippen molar-refractivity contribution in [3.8, 4) is 5.75 Å². The lowest BCUT2D eigenvalue weighted by atomic mass is 10.00.